The quantitative estimate of drug-likeness (QED) is 0.872. The third-order valence-electron chi connectivity index (χ3n) is 3.13. The Bertz CT molecular complexity index is 664. The van der Waals surface area contributed by atoms with Crippen molar-refractivity contribution < 1.29 is 13.9 Å². The molecule has 1 N–H and O–H groups in total. The van der Waals surface area contributed by atoms with E-state index in [-0.39, 0.29) is 11.9 Å². The van der Waals surface area contributed by atoms with Crippen LogP contribution in [0.1, 0.15) is 46.4 Å². The van der Waals surface area contributed by atoms with E-state index in [0.29, 0.717) is 11.5 Å². The molecule has 0 aliphatic rings. The summed E-state index contributed by atoms with van der Waals surface area (Å²) in [5, 5.41) is 3.25. The number of esters is 1. The van der Waals surface area contributed by atoms with Crippen molar-refractivity contribution in [1.29, 1.82) is 0 Å². The van der Waals surface area contributed by atoms with Crippen LogP contribution in [0.4, 0.5) is 5.82 Å². The van der Waals surface area contributed by atoms with Gasteiger partial charge in [0.25, 0.3) is 0 Å². The maximum Gasteiger partial charge on any atom is 0.376 e. The van der Waals surface area contributed by atoms with Crippen LogP contribution in [0.15, 0.2) is 16.5 Å². The van der Waals surface area contributed by atoms with Crippen LogP contribution >= 0.6 is 0 Å². The molecule has 0 aromatic carbocycles. The van der Waals surface area contributed by atoms with Gasteiger partial charge >= 0.3 is 5.97 Å². The minimum absolute atomic E-state index is 0.00208. The number of anilines is 1. The van der Waals surface area contributed by atoms with Crippen LogP contribution in [-0.2, 0) is 4.74 Å². The number of aryl methyl sites for hydroxylation is 3. The molecule has 112 valence electrons. The van der Waals surface area contributed by atoms with Crippen LogP contribution in [-0.4, -0.2) is 23.0 Å². The van der Waals surface area contributed by atoms with Gasteiger partial charge in [0.1, 0.15) is 17.3 Å². The zero-order chi connectivity index (χ0) is 15.6. The van der Waals surface area contributed by atoms with E-state index in [0.717, 1.165) is 17.1 Å². The maximum absolute atomic E-state index is 11.5. The van der Waals surface area contributed by atoms with Gasteiger partial charge in [0.15, 0.2) is 0 Å². The van der Waals surface area contributed by atoms with Crippen molar-refractivity contribution in [2.24, 2.45) is 0 Å². The van der Waals surface area contributed by atoms with Gasteiger partial charge < -0.3 is 14.5 Å². The van der Waals surface area contributed by atoms with Gasteiger partial charge in [-0.3, -0.25) is 0 Å². The van der Waals surface area contributed by atoms with E-state index in [2.05, 4.69) is 20.0 Å². The Morgan fingerprint density at radius 2 is 2.00 bits per heavy atom. The first kappa shape index (κ1) is 15.0. The molecule has 6 heteroatoms. The molecule has 0 bridgehead atoms. The van der Waals surface area contributed by atoms with Crippen LogP contribution < -0.4 is 5.32 Å². The summed E-state index contributed by atoms with van der Waals surface area (Å²) >= 11 is 0. The number of nitrogens with one attached hydrogen (secondary N) is 1. The first-order valence-electron chi connectivity index (χ1n) is 6.68. The third kappa shape index (κ3) is 3.39. The standard InChI is InChI=1S/C15H19N3O3/c1-8-6-13(18-14(16-8)15(19)20-5)17-10(3)12-7-9(2)21-11(12)4/h6-7,10H,1-5H3,(H,16,17,18). The van der Waals surface area contributed by atoms with Gasteiger partial charge in [-0.1, -0.05) is 0 Å². The van der Waals surface area contributed by atoms with Crippen LogP contribution in [0.3, 0.4) is 0 Å². The summed E-state index contributed by atoms with van der Waals surface area (Å²) in [4.78, 5) is 19.8. The molecule has 2 aromatic rings. The number of methoxy groups -OCH3 is 1. The second kappa shape index (κ2) is 5.95. The van der Waals surface area contributed by atoms with Crippen LogP contribution in [0.25, 0.3) is 0 Å². The van der Waals surface area contributed by atoms with Crippen molar-refractivity contribution in [3.8, 4) is 0 Å². The molecule has 0 radical (unpaired) electrons. The molecule has 0 saturated heterocycles. The molecule has 6 nitrogen and oxygen atoms in total. The molecular formula is C15H19N3O3. The van der Waals surface area contributed by atoms with Crippen molar-refractivity contribution in [3.05, 3.63) is 40.7 Å². The molecule has 0 aliphatic carbocycles. The van der Waals surface area contributed by atoms with Gasteiger partial charge in [-0.2, -0.15) is 0 Å². The van der Waals surface area contributed by atoms with Crippen molar-refractivity contribution in [1.82, 2.24) is 9.97 Å². The molecule has 1 atom stereocenters. The van der Waals surface area contributed by atoms with Crippen LogP contribution in [0, 0.1) is 20.8 Å². The molecule has 0 fully saturated rings. The summed E-state index contributed by atoms with van der Waals surface area (Å²) in [5.74, 6) is 1.81. The van der Waals surface area contributed by atoms with Gasteiger partial charge in [-0.05, 0) is 33.8 Å². The largest absolute Gasteiger partial charge is 0.466 e. The second-order valence-corrected chi connectivity index (χ2v) is 4.94. The van der Waals surface area contributed by atoms with Gasteiger partial charge in [-0.25, -0.2) is 14.8 Å². The molecule has 0 saturated carbocycles. The molecule has 21 heavy (non-hydrogen) atoms. The Hall–Kier alpha value is -2.37. The molecular weight excluding hydrogens is 270 g/mol. The summed E-state index contributed by atoms with van der Waals surface area (Å²) in [6, 6.07) is 3.77. The van der Waals surface area contributed by atoms with Crippen molar-refractivity contribution in [2.75, 3.05) is 12.4 Å². The minimum Gasteiger partial charge on any atom is -0.466 e. The Morgan fingerprint density at radius 1 is 1.29 bits per heavy atom. The van der Waals surface area contributed by atoms with Crippen molar-refractivity contribution in [2.45, 2.75) is 33.7 Å². The number of hydrogen-bond donors (Lipinski definition) is 1. The Morgan fingerprint density at radius 3 is 2.57 bits per heavy atom. The first-order valence-corrected chi connectivity index (χ1v) is 6.68. The lowest BCUT2D eigenvalue weighted by atomic mass is 10.1. The minimum atomic E-state index is -0.551. The zero-order valence-corrected chi connectivity index (χ0v) is 12.9. The fourth-order valence-corrected chi connectivity index (χ4v) is 2.21. The lowest BCUT2D eigenvalue weighted by Crippen LogP contribution is -2.13. The number of nitrogens with zero attached hydrogens (tertiary/aromatic N) is 2. The van der Waals surface area contributed by atoms with Gasteiger partial charge in [0.05, 0.1) is 13.2 Å². The number of furan rings is 1. The monoisotopic (exact) mass is 289 g/mol. The maximum atomic E-state index is 11.5. The van der Waals surface area contributed by atoms with Gasteiger partial charge in [0.2, 0.25) is 5.82 Å². The van der Waals surface area contributed by atoms with Gasteiger partial charge in [-0.15, -0.1) is 0 Å². The summed E-state index contributed by atoms with van der Waals surface area (Å²) in [7, 11) is 1.31. The summed E-state index contributed by atoms with van der Waals surface area (Å²) in [6.45, 7) is 7.64. The highest BCUT2D eigenvalue weighted by Gasteiger charge is 2.16. The van der Waals surface area contributed by atoms with E-state index < -0.39 is 5.97 Å². The number of carbonyl (C=O) groups is 1. The average molecular weight is 289 g/mol. The topological polar surface area (TPSA) is 77.2 Å². The molecule has 2 heterocycles. The fourth-order valence-electron chi connectivity index (χ4n) is 2.21. The van der Waals surface area contributed by atoms with Crippen LogP contribution in [0.2, 0.25) is 0 Å². The fraction of sp³-hybridized carbons (Fsp3) is 0.400. The van der Waals surface area contributed by atoms with Crippen molar-refractivity contribution in [3.63, 3.8) is 0 Å². The van der Waals surface area contributed by atoms with Crippen LogP contribution in [0.5, 0.6) is 0 Å². The summed E-state index contributed by atoms with van der Waals surface area (Å²) in [6.07, 6.45) is 0. The Balaban J connectivity index is 2.25. The lowest BCUT2D eigenvalue weighted by Gasteiger charge is -2.14. The second-order valence-electron chi connectivity index (χ2n) is 4.94. The smallest absolute Gasteiger partial charge is 0.376 e. The highest BCUT2D eigenvalue weighted by Crippen LogP contribution is 2.24. The van der Waals surface area contributed by atoms with E-state index in [4.69, 9.17) is 4.42 Å². The number of carbonyl (C=O) groups excluding carboxylic acids is 1. The normalized spacial score (nSPS) is 12.0. The SMILES string of the molecule is COC(=O)c1nc(C)cc(NC(C)c2cc(C)oc2C)n1. The van der Waals surface area contributed by atoms with E-state index in [9.17, 15) is 4.79 Å². The first-order chi connectivity index (χ1) is 9.90. The third-order valence-corrected chi connectivity index (χ3v) is 3.13. The number of ether oxygens (including phenoxy) is 1. The predicted molar refractivity (Wildman–Crippen MR) is 78.3 cm³/mol. The summed E-state index contributed by atoms with van der Waals surface area (Å²) < 4.78 is 10.2. The molecule has 2 aromatic heterocycles. The number of rotatable bonds is 4. The zero-order valence-electron chi connectivity index (χ0n) is 12.9. The molecule has 2 rings (SSSR count). The number of aromatic nitrogens is 2. The van der Waals surface area contributed by atoms with E-state index in [1.807, 2.05) is 26.8 Å². The van der Waals surface area contributed by atoms with E-state index in [1.54, 1.807) is 13.0 Å². The summed E-state index contributed by atoms with van der Waals surface area (Å²) in [5.41, 5.74) is 1.75. The molecule has 0 aliphatic heterocycles. The lowest BCUT2D eigenvalue weighted by molar-refractivity contribution is 0.0586. The number of hydrogen-bond acceptors (Lipinski definition) is 6. The Labute approximate surface area is 123 Å². The van der Waals surface area contributed by atoms with E-state index >= 15 is 0 Å². The van der Waals surface area contributed by atoms with Crippen molar-refractivity contribution >= 4 is 11.8 Å². The Kier molecular flexibility index (Phi) is 4.26. The highest BCUT2D eigenvalue weighted by atomic mass is 16.5. The highest BCUT2D eigenvalue weighted by molar-refractivity contribution is 5.85. The predicted octanol–water partition coefficient (Wildman–Crippen LogP) is 2.95. The molecule has 1 unspecified atom stereocenters. The molecule has 0 amide bonds. The molecule has 0 spiro atoms. The van der Waals surface area contributed by atoms with Gasteiger partial charge in [0, 0.05) is 17.3 Å². The average Bonchev–Trinajstić information content (AvgIpc) is 2.76. The van der Waals surface area contributed by atoms with E-state index in [1.165, 1.54) is 7.11 Å².